The minimum Gasteiger partial charge on any atom is -0.350 e. The molecule has 148 valence electrons. The van der Waals surface area contributed by atoms with E-state index in [1.807, 2.05) is 79.3 Å². The lowest BCUT2D eigenvalue weighted by Crippen LogP contribution is -2.14. The number of amides is 1. The molecule has 0 fully saturated rings. The van der Waals surface area contributed by atoms with Gasteiger partial charge < -0.3 is 9.88 Å². The van der Waals surface area contributed by atoms with Crippen LogP contribution in [0.4, 0.5) is 5.69 Å². The maximum absolute atomic E-state index is 12.7. The number of rotatable bonds is 4. The minimum absolute atomic E-state index is 0.0541. The monoisotopic (exact) mass is 396 g/mol. The van der Waals surface area contributed by atoms with E-state index in [1.54, 1.807) is 4.52 Å². The van der Waals surface area contributed by atoms with Gasteiger partial charge in [-0.3, -0.25) is 4.79 Å². The number of anilines is 1. The van der Waals surface area contributed by atoms with E-state index in [4.69, 9.17) is 0 Å². The van der Waals surface area contributed by atoms with Crippen LogP contribution in [0.2, 0.25) is 0 Å². The molecule has 0 radical (unpaired) electrons. The van der Waals surface area contributed by atoms with Gasteiger partial charge in [-0.25, -0.2) is 0 Å². The predicted molar refractivity (Wildman–Crippen MR) is 116 cm³/mol. The highest BCUT2D eigenvalue weighted by Gasteiger charge is 2.12. The summed E-state index contributed by atoms with van der Waals surface area (Å²) in [5.74, 6) is 0.674. The van der Waals surface area contributed by atoms with Crippen LogP contribution in [0.3, 0.4) is 0 Å². The molecule has 0 aliphatic carbocycles. The first-order chi connectivity index (χ1) is 14.6. The predicted octanol–water partition coefficient (Wildman–Crippen LogP) is 3.77. The van der Waals surface area contributed by atoms with Crippen molar-refractivity contribution < 1.29 is 4.79 Å². The van der Waals surface area contributed by atoms with Crippen LogP contribution < -0.4 is 5.32 Å². The number of benzene rings is 2. The number of aryl methyl sites for hydroxylation is 2. The van der Waals surface area contributed by atoms with E-state index < -0.39 is 0 Å². The van der Waals surface area contributed by atoms with E-state index in [0.29, 0.717) is 12.1 Å². The molecule has 0 aliphatic rings. The van der Waals surface area contributed by atoms with E-state index >= 15 is 0 Å². The zero-order valence-corrected chi connectivity index (χ0v) is 16.7. The van der Waals surface area contributed by atoms with Crippen molar-refractivity contribution in [3.63, 3.8) is 0 Å². The minimum atomic E-state index is -0.0541. The molecule has 2 aromatic carbocycles. The average molecular weight is 396 g/mol. The number of aromatic nitrogens is 5. The van der Waals surface area contributed by atoms with Gasteiger partial charge in [0.15, 0.2) is 11.5 Å². The third kappa shape index (κ3) is 3.20. The first-order valence-electron chi connectivity index (χ1n) is 9.71. The molecule has 1 amide bonds. The van der Waals surface area contributed by atoms with Crippen LogP contribution in [-0.4, -0.2) is 30.3 Å². The number of carbonyl (C=O) groups is 1. The summed E-state index contributed by atoms with van der Waals surface area (Å²) in [6.07, 6.45) is 2.33. The summed E-state index contributed by atoms with van der Waals surface area (Å²) in [5.41, 5.74) is 5.27. The van der Waals surface area contributed by atoms with Crippen LogP contribution in [-0.2, 0) is 18.3 Å². The van der Waals surface area contributed by atoms with E-state index in [0.717, 1.165) is 39.2 Å². The van der Waals surface area contributed by atoms with Gasteiger partial charge in [0.25, 0.3) is 0 Å². The van der Waals surface area contributed by atoms with Gasteiger partial charge in [0.1, 0.15) is 0 Å². The summed E-state index contributed by atoms with van der Waals surface area (Å²) in [6.45, 7) is 1.86. The Morgan fingerprint density at radius 2 is 1.90 bits per heavy atom. The Bertz CT molecular complexity index is 1400. The highest BCUT2D eigenvalue weighted by atomic mass is 16.1. The molecule has 0 saturated heterocycles. The molecule has 3 aromatic heterocycles. The third-order valence-corrected chi connectivity index (χ3v) is 5.19. The molecule has 30 heavy (non-hydrogen) atoms. The first-order valence-corrected chi connectivity index (χ1v) is 9.71. The molecule has 7 nitrogen and oxygen atoms in total. The van der Waals surface area contributed by atoms with Crippen molar-refractivity contribution in [3.05, 3.63) is 78.2 Å². The summed E-state index contributed by atoms with van der Waals surface area (Å²) in [6, 6.07) is 19.6. The Labute approximate surface area is 173 Å². The van der Waals surface area contributed by atoms with E-state index in [2.05, 4.69) is 26.7 Å². The number of para-hydroxylation sites is 1. The zero-order valence-electron chi connectivity index (χ0n) is 16.7. The molecule has 5 rings (SSSR count). The molecule has 1 N–H and O–H groups in total. The molecule has 0 saturated carbocycles. The lowest BCUT2D eigenvalue weighted by atomic mass is 10.1. The van der Waals surface area contributed by atoms with Crippen molar-refractivity contribution in [3.8, 4) is 11.3 Å². The summed E-state index contributed by atoms with van der Waals surface area (Å²) in [5, 5.41) is 16.8. The topological polar surface area (TPSA) is 77.1 Å². The van der Waals surface area contributed by atoms with Crippen molar-refractivity contribution >= 4 is 28.1 Å². The molecular weight excluding hydrogens is 376 g/mol. The molecule has 0 atom stereocenters. The average Bonchev–Trinajstić information content (AvgIpc) is 3.28. The zero-order chi connectivity index (χ0) is 20.7. The normalized spacial score (nSPS) is 11.3. The van der Waals surface area contributed by atoms with E-state index in [-0.39, 0.29) is 5.91 Å². The molecular formula is C23H20N6O. The van der Waals surface area contributed by atoms with Gasteiger partial charge in [-0.2, -0.15) is 9.61 Å². The molecule has 0 unspecified atom stereocenters. The van der Waals surface area contributed by atoms with Gasteiger partial charge in [-0.05, 0) is 42.8 Å². The number of hydrogen-bond acceptors (Lipinski definition) is 4. The fourth-order valence-electron chi connectivity index (χ4n) is 3.75. The van der Waals surface area contributed by atoms with Crippen molar-refractivity contribution in [1.29, 1.82) is 0 Å². The van der Waals surface area contributed by atoms with Crippen molar-refractivity contribution in [2.75, 3.05) is 5.32 Å². The van der Waals surface area contributed by atoms with Gasteiger partial charge in [0.05, 0.1) is 12.1 Å². The standard InChI is InChI=1S/C23H20N6O/c1-15-25-26-22-11-10-20(27-29(15)22)16-6-5-7-18(12-16)24-23(30)13-17-14-28(2)21-9-4-3-8-19(17)21/h3-12,14H,13H2,1-2H3,(H,24,30). The van der Waals surface area contributed by atoms with Gasteiger partial charge in [0, 0.05) is 35.4 Å². The van der Waals surface area contributed by atoms with E-state index in [1.165, 1.54) is 0 Å². The molecule has 7 heteroatoms. The van der Waals surface area contributed by atoms with Gasteiger partial charge >= 0.3 is 0 Å². The van der Waals surface area contributed by atoms with Crippen LogP contribution in [0.1, 0.15) is 11.4 Å². The van der Waals surface area contributed by atoms with Gasteiger partial charge in [-0.15, -0.1) is 10.2 Å². The number of nitrogens with one attached hydrogen (secondary N) is 1. The Hall–Kier alpha value is -4.00. The Balaban J connectivity index is 1.38. The molecule has 0 spiro atoms. The SMILES string of the molecule is Cc1nnc2ccc(-c3cccc(NC(=O)Cc4cn(C)c5ccccc45)c3)nn12. The Morgan fingerprint density at radius 1 is 1.03 bits per heavy atom. The fraction of sp³-hybridized carbons (Fsp3) is 0.130. The summed E-state index contributed by atoms with van der Waals surface area (Å²) in [7, 11) is 1.99. The maximum Gasteiger partial charge on any atom is 0.228 e. The largest absolute Gasteiger partial charge is 0.350 e. The lowest BCUT2D eigenvalue weighted by Gasteiger charge is -2.08. The highest BCUT2D eigenvalue weighted by molar-refractivity contribution is 5.96. The maximum atomic E-state index is 12.7. The summed E-state index contributed by atoms with van der Waals surface area (Å²) < 4.78 is 3.76. The van der Waals surface area contributed by atoms with Crippen molar-refractivity contribution in [2.24, 2.45) is 7.05 Å². The second-order valence-electron chi connectivity index (χ2n) is 7.32. The number of nitrogens with zero attached hydrogens (tertiary/aromatic N) is 5. The fourth-order valence-corrected chi connectivity index (χ4v) is 3.75. The van der Waals surface area contributed by atoms with Crippen LogP contribution in [0.5, 0.6) is 0 Å². The molecule has 5 aromatic rings. The van der Waals surface area contributed by atoms with E-state index in [9.17, 15) is 4.79 Å². The van der Waals surface area contributed by atoms with Gasteiger partial charge in [-0.1, -0.05) is 30.3 Å². The Kier molecular flexibility index (Phi) is 4.28. The second-order valence-corrected chi connectivity index (χ2v) is 7.32. The quantitative estimate of drug-likeness (QED) is 0.502. The number of carbonyl (C=O) groups excluding carboxylic acids is 1. The highest BCUT2D eigenvalue weighted by Crippen LogP contribution is 2.23. The lowest BCUT2D eigenvalue weighted by molar-refractivity contribution is -0.115. The van der Waals surface area contributed by atoms with Crippen LogP contribution in [0.15, 0.2) is 66.9 Å². The summed E-state index contributed by atoms with van der Waals surface area (Å²) >= 11 is 0. The van der Waals surface area contributed by atoms with Crippen LogP contribution >= 0.6 is 0 Å². The molecule has 0 bridgehead atoms. The second kappa shape index (κ2) is 7.11. The number of fused-ring (bicyclic) bond motifs is 2. The first kappa shape index (κ1) is 18.1. The van der Waals surface area contributed by atoms with Crippen molar-refractivity contribution in [1.82, 2.24) is 24.4 Å². The summed E-state index contributed by atoms with van der Waals surface area (Å²) in [4.78, 5) is 12.7. The van der Waals surface area contributed by atoms with Crippen molar-refractivity contribution in [2.45, 2.75) is 13.3 Å². The Morgan fingerprint density at radius 3 is 2.80 bits per heavy atom. The van der Waals surface area contributed by atoms with Crippen LogP contribution in [0, 0.1) is 6.92 Å². The van der Waals surface area contributed by atoms with Gasteiger partial charge in [0.2, 0.25) is 5.91 Å². The van der Waals surface area contributed by atoms with Crippen LogP contribution in [0.25, 0.3) is 27.8 Å². The smallest absolute Gasteiger partial charge is 0.228 e. The number of hydrogen-bond donors (Lipinski definition) is 1. The molecule has 0 aliphatic heterocycles. The molecule has 3 heterocycles. The third-order valence-electron chi connectivity index (χ3n) is 5.19.